The molecule has 0 bridgehead atoms. The molecule has 0 aromatic heterocycles. The summed E-state index contributed by atoms with van der Waals surface area (Å²) in [7, 11) is 1.76. The Labute approximate surface area is 99.9 Å². The standard InChI is InChI=1S/C13H27NO2/c1-5-12(9-15-4)14-8-11-6-7-16-13(11)10(2)3/h10-14H,5-9H2,1-4H3. The number of hydrogen-bond acceptors (Lipinski definition) is 3. The van der Waals surface area contributed by atoms with Crippen LogP contribution in [0.4, 0.5) is 0 Å². The van der Waals surface area contributed by atoms with Crippen molar-refractivity contribution in [2.24, 2.45) is 11.8 Å². The van der Waals surface area contributed by atoms with E-state index in [1.54, 1.807) is 7.11 Å². The number of ether oxygens (including phenoxy) is 2. The van der Waals surface area contributed by atoms with Crippen LogP contribution in [-0.2, 0) is 9.47 Å². The van der Waals surface area contributed by atoms with Gasteiger partial charge in [-0.1, -0.05) is 20.8 Å². The minimum atomic E-state index is 0.438. The summed E-state index contributed by atoms with van der Waals surface area (Å²) in [4.78, 5) is 0. The summed E-state index contributed by atoms with van der Waals surface area (Å²) in [5.41, 5.74) is 0. The highest BCUT2D eigenvalue weighted by Crippen LogP contribution is 2.26. The lowest BCUT2D eigenvalue weighted by Gasteiger charge is -2.24. The van der Waals surface area contributed by atoms with Gasteiger partial charge in [0.1, 0.15) is 0 Å². The molecule has 1 saturated heterocycles. The van der Waals surface area contributed by atoms with Crippen molar-refractivity contribution in [2.75, 3.05) is 26.9 Å². The zero-order valence-corrected chi connectivity index (χ0v) is 11.2. The molecule has 3 nitrogen and oxygen atoms in total. The molecule has 1 N–H and O–H groups in total. The minimum absolute atomic E-state index is 0.438. The molecular weight excluding hydrogens is 202 g/mol. The van der Waals surface area contributed by atoms with Crippen LogP contribution in [-0.4, -0.2) is 39.0 Å². The third-order valence-corrected chi connectivity index (χ3v) is 3.45. The number of rotatable bonds is 7. The number of hydrogen-bond donors (Lipinski definition) is 1. The van der Waals surface area contributed by atoms with Crippen LogP contribution in [0.5, 0.6) is 0 Å². The zero-order chi connectivity index (χ0) is 12.0. The van der Waals surface area contributed by atoms with E-state index in [4.69, 9.17) is 9.47 Å². The van der Waals surface area contributed by atoms with Crippen molar-refractivity contribution in [1.82, 2.24) is 5.32 Å². The summed E-state index contributed by atoms with van der Waals surface area (Å²) in [6.45, 7) is 9.48. The molecule has 16 heavy (non-hydrogen) atoms. The second kappa shape index (κ2) is 7.25. The maximum absolute atomic E-state index is 5.78. The Morgan fingerprint density at radius 1 is 1.44 bits per heavy atom. The number of nitrogens with one attached hydrogen (secondary N) is 1. The molecule has 1 fully saturated rings. The maximum atomic E-state index is 5.78. The van der Waals surface area contributed by atoms with E-state index in [0.29, 0.717) is 24.0 Å². The SMILES string of the molecule is CCC(COC)NCC1CCOC1C(C)C. The highest BCUT2D eigenvalue weighted by molar-refractivity contribution is 4.81. The Morgan fingerprint density at radius 3 is 2.75 bits per heavy atom. The average Bonchev–Trinajstić information content (AvgIpc) is 2.72. The molecule has 3 atom stereocenters. The normalized spacial score (nSPS) is 27.6. The second-order valence-corrected chi connectivity index (χ2v) is 5.10. The molecule has 0 aliphatic carbocycles. The fourth-order valence-corrected chi connectivity index (χ4v) is 2.45. The lowest BCUT2D eigenvalue weighted by atomic mass is 9.93. The van der Waals surface area contributed by atoms with Crippen molar-refractivity contribution in [3.63, 3.8) is 0 Å². The van der Waals surface area contributed by atoms with Gasteiger partial charge in [0.05, 0.1) is 12.7 Å². The predicted molar refractivity (Wildman–Crippen MR) is 66.6 cm³/mol. The van der Waals surface area contributed by atoms with Gasteiger partial charge in [-0.15, -0.1) is 0 Å². The number of methoxy groups -OCH3 is 1. The molecule has 1 aliphatic rings. The highest BCUT2D eigenvalue weighted by atomic mass is 16.5. The van der Waals surface area contributed by atoms with Crippen molar-refractivity contribution < 1.29 is 9.47 Å². The van der Waals surface area contributed by atoms with Crippen molar-refractivity contribution in [2.45, 2.75) is 45.8 Å². The Kier molecular flexibility index (Phi) is 6.32. The third kappa shape index (κ3) is 4.04. The van der Waals surface area contributed by atoms with Crippen LogP contribution in [0.15, 0.2) is 0 Å². The van der Waals surface area contributed by atoms with Crippen molar-refractivity contribution in [3.05, 3.63) is 0 Å². The molecular formula is C13H27NO2. The van der Waals surface area contributed by atoms with Crippen LogP contribution in [0.1, 0.15) is 33.6 Å². The monoisotopic (exact) mass is 229 g/mol. The van der Waals surface area contributed by atoms with Gasteiger partial charge in [-0.3, -0.25) is 0 Å². The molecule has 0 amide bonds. The van der Waals surface area contributed by atoms with Gasteiger partial charge in [-0.05, 0) is 24.7 Å². The van der Waals surface area contributed by atoms with Crippen molar-refractivity contribution in [1.29, 1.82) is 0 Å². The van der Waals surface area contributed by atoms with Crippen LogP contribution >= 0.6 is 0 Å². The third-order valence-electron chi connectivity index (χ3n) is 3.45. The summed E-state index contributed by atoms with van der Waals surface area (Å²) in [6.07, 6.45) is 2.75. The molecule has 0 aromatic carbocycles. The predicted octanol–water partition coefficient (Wildman–Crippen LogP) is 2.06. The Morgan fingerprint density at radius 2 is 2.19 bits per heavy atom. The fourth-order valence-electron chi connectivity index (χ4n) is 2.45. The van der Waals surface area contributed by atoms with Crippen LogP contribution in [0.3, 0.4) is 0 Å². The van der Waals surface area contributed by atoms with Crippen LogP contribution < -0.4 is 5.32 Å². The largest absolute Gasteiger partial charge is 0.383 e. The van der Waals surface area contributed by atoms with Gasteiger partial charge in [-0.2, -0.15) is 0 Å². The topological polar surface area (TPSA) is 30.5 Å². The lowest BCUT2D eigenvalue weighted by molar-refractivity contribution is 0.0523. The Balaban J connectivity index is 2.30. The van der Waals surface area contributed by atoms with E-state index in [2.05, 4.69) is 26.1 Å². The molecule has 96 valence electrons. The highest BCUT2D eigenvalue weighted by Gasteiger charge is 2.30. The molecule has 3 unspecified atom stereocenters. The zero-order valence-electron chi connectivity index (χ0n) is 11.2. The molecule has 0 aromatic rings. The van der Waals surface area contributed by atoms with E-state index in [9.17, 15) is 0 Å². The van der Waals surface area contributed by atoms with E-state index >= 15 is 0 Å². The Hall–Kier alpha value is -0.120. The van der Waals surface area contributed by atoms with E-state index in [0.717, 1.165) is 26.2 Å². The van der Waals surface area contributed by atoms with Crippen LogP contribution in [0.25, 0.3) is 0 Å². The first kappa shape index (κ1) is 13.9. The molecule has 1 rings (SSSR count). The molecule has 0 radical (unpaired) electrons. The van der Waals surface area contributed by atoms with Gasteiger partial charge in [-0.25, -0.2) is 0 Å². The molecule has 1 heterocycles. The van der Waals surface area contributed by atoms with Gasteiger partial charge >= 0.3 is 0 Å². The lowest BCUT2D eigenvalue weighted by Crippen LogP contribution is -2.39. The molecule has 0 saturated carbocycles. The van der Waals surface area contributed by atoms with E-state index in [1.807, 2.05) is 0 Å². The maximum Gasteiger partial charge on any atom is 0.0639 e. The fraction of sp³-hybridized carbons (Fsp3) is 1.00. The van der Waals surface area contributed by atoms with Gasteiger partial charge in [0, 0.05) is 26.3 Å². The molecule has 0 spiro atoms. The van der Waals surface area contributed by atoms with Crippen molar-refractivity contribution >= 4 is 0 Å². The first-order chi connectivity index (χ1) is 7.69. The van der Waals surface area contributed by atoms with Crippen LogP contribution in [0.2, 0.25) is 0 Å². The quantitative estimate of drug-likeness (QED) is 0.725. The summed E-state index contributed by atoms with van der Waals surface area (Å²) < 4.78 is 11.0. The molecule has 1 aliphatic heterocycles. The summed E-state index contributed by atoms with van der Waals surface area (Å²) in [5.74, 6) is 1.29. The first-order valence-electron chi connectivity index (χ1n) is 6.52. The Bertz CT molecular complexity index is 185. The summed E-state index contributed by atoms with van der Waals surface area (Å²) >= 11 is 0. The van der Waals surface area contributed by atoms with Crippen LogP contribution in [0, 0.1) is 11.8 Å². The van der Waals surface area contributed by atoms with Gasteiger partial charge < -0.3 is 14.8 Å². The summed E-state index contributed by atoms with van der Waals surface area (Å²) in [6, 6.07) is 0.485. The van der Waals surface area contributed by atoms with Gasteiger partial charge in [0.15, 0.2) is 0 Å². The molecule has 3 heteroatoms. The van der Waals surface area contributed by atoms with Gasteiger partial charge in [0.25, 0.3) is 0 Å². The van der Waals surface area contributed by atoms with Gasteiger partial charge in [0.2, 0.25) is 0 Å². The van der Waals surface area contributed by atoms with E-state index in [-0.39, 0.29) is 0 Å². The van der Waals surface area contributed by atoms with E-state index < -0.39 is 0 Å². The smallest absolute Gasteiger partial charge is 0.0639 e. The van der Waals surface area contributed by atoms with Crippen molar-refractivity contribution in [3.8, 4) is 0 Å². The second-order valence-electron chi connectivity index (χ2n) is 5.10. The summed E-state index contributed by atoms with van der Waals surface area (Å²) in [5, 5.41) is 3.59. The van der Waals surface area contributed by atoms with E-state index in [1.165, 1.54) is 6.42 Å². The minimum Gasteiger partial charge on any atom is -0.383 e. The average molecular weight is 229 g/mol. The first-order valence-corrected chi connectivity index (χ1v) is 6.52.